The molecule has 0 aliphatic rings. The molecular formula is C18H17ClN4. The van der Waals surface area contributed by atoms with Crippen molar-refractivity contribution < 1.29 is 0 Å². The zero-order chi connectivity index (χ0) is 16.2. The van der Waals surface area contributed by atoms with Crippen LogP contribution in [0, 0.1) is 11.3 Å². The molecule has 0 unspecified atom stereocenters. The van der Waals surface area contributed by atoms with E-state index in [2.05, 4.69) is 22.5 Å². The summed E-state index contributed by atoms with van der Waals surface area (Å²) in [5.41, 5.74) is 3.47. The largest absolute Gasteiger partial charge is 0.308 e. The van der Waals surface area contributed by atoms with Crippen molar-refractivity contribution in [1.29, 1.82) is 5.26 Å². The van der Waals surface area contributed by atoms with E-state index in [-0.39, 0.29) is 0 Å². The average Bonchev–Trinajstić information content (AvgIpc) is 2.90. The number of unbranched alkanes of at least 4 members (excludes halogenated alkanes) is 1. The monoisotopic (exact) mass is 324 g/mol. The molecule has 0 saturated carbocycles. The second kappa shape index (κ2) is 6.80. The molecule has 3 rings (SSSR count). The lowest BCUT2D eigenvalue weighted by molar-refractivity contribution is 0.686. The zero-order valence-corrected chi connectivity index (χ0v) is 13.7. The summed E-state index contributed by atoms with van der Waals surface area (Å²) in [6.45, 7) is 2.86. The van der Waals surface area contributed by atoms with Crippen molar-refractivity contribution in [2.45, 2.75) is 32.7 Å². The van der Waals surface area contributed by atoms with E-state index in [1.165, 1.54) is 0 Å². The van der Waals surface area contributed by atoms with E-state index in [0.29, 0.717) is 17.1 Å². The third-order valence-corrected chi connectivity index (χ3v) is 4.01. The van der Waals surface area contributed by atoms with Crippen molar-refractivity contribution >= 4 is 22.8 Å². The Morgan fingerprint density at radius 3 is 2.74 bits per heavy atom. The van der Waals surface area contributed by atoms with Crippen LogP contribution in [-0.4, -0.2) is 14.5 Å². The molecule has 2 heterocycles. The van der Waals surface area contributed by atoms with Crippen molar-refractivity contribution in [3.05, 3.63) is 58.5 Å². The summed E-state index contributed by atoms with van der Waals surface area (Å²) in [6, 6.07) is 11.6. The summed E-state index contributed by atoms with van der Waals surface area (Å²) < 4.78 is 2.14. The molecule has 0 bridgehead atoms. The smallest absolute Gasteiger partial charge is 0.160 e. The van der Waals surface area contributed by atoms with Crippen LogP contribution >= 0.6 is 11.6 Å². The number of halogens is 1. The number of nitrogens with zero attached hydrogens (tertiary/aromatic N) is 4. The summed E-state index contributed by atoms with van der Waals surface area (Å²) in [6.07, 6.45) is 4.78. The van der Waals surface area contributed by atoms with Gasteiger partial charge in [0.1, 0.15) is 11.3 Å². The molecule has 0 amide bonds. The third kappa shape index (κ3) is 3.35. The predicted octanol–water partition coefficient (Wildman–Crippen LogP) is 4.35. The second-order valence-electron chi connectivity index (χ2n) is 5.52. The van der Waals surface area contributed by atoms with Crippen LogP contribution in [0.4, 0.5) is 0 Å². The number of aromatic nitrogens is 3. The summed E-state index contributed by atoms with van der Waals surface area (Å²) >= 11 is 6.04. The van der Waals surface area contributed by atoms with Crippen LogP contribution in [0.3, 0.4) is 0 Å². The first-order valence-corrected chi connectivity index (χ1v) is 8.08. The SMILES string of the molecule is CCCCc1nc2cc(Cl)cnc2n1Cc1ccc(C#N)cc1. The van der Waals surface area contributed by atoms with Gasteiger partial charge in [-0.1, -0.05) is 37.1 Å². The minimum atomic E-state index is 0.600. The van der Waals surface area contributed by atoms with Gasteiger partial charge in [-0.2, -0.15) is 5.26 Å². The maximum Gasteiger partial charge on any atom is 0.160 e. The van der Waals surface area contributed by atoms with Crippen LogP contribution in [0.1, 0.15) is 36.7 Å². The lowest BCUT2D eigenvalue weighted by Gasteiger charge is -2.09. The van der Waals surface area contributed by atoms with Gasteiger partial charge in [-0.15, -0.1) is 0 Å². The number of fused-ring (bicyclic) bond motifs is 1. The molecule has 4 nitrogen and oxygen atoms in total. The fraction of sp³-hybridized carbons (Fsp3) is 0.278. The molecule has 23 heavy (non-hydrogen) atoms. The summed E-state index contributed by atoms with van der Waals surface area (Å²) in [5.74, 6) is 1.03. The van der Waals surface area contributed by atoms with Gasteiger partial charge in [0.25, 0.3) is 0 Å². The molecular weight excluding hydrogens is 308 g/mol. The summed E-state index contributed by atoms with van der Waals surface area (Å²) in [5, 5.41) is 9.51. The molecule has 116 valence electrons. The Hall–Kier alpha value is -2.38. The van der Waals surface area contributed by atoms with Crippen LogP contribution < -0.4 is 0 Å². The van der Waals surface area contributed by atoms with Crippen molar-refractivity contribution in [3.63, 3.8) is 0 Å². The maximum atomic E-state index is 8.91. The second-order valence-corrected chi connectivity index (χ2v) is 5.96. The predicted molar refractivity (Wildman–Crippen MR) is 91.4 cm³/mol. The summed E-state index contributed by atoms with van der Waals surface area (Å²) in [7, 11) is 0. The summed E-state index contributed by atoms with van der Waals surface area (Å²) in [4.78, 5) is 9.16. The van der Waals surface area contributed by atoms with E-state index in [1.807, 2.05) is 30.3 Å². The first kappa shape index (κ1) is 15.5. The molecule has 0 aliphatic carbocycles. The standard InChI is InChI=1S/C18H17ClN4/c1-2-3-4-17-22-16-9-15(19)11-21-18(16)23(17)12-14-7-5-13(10-20)6-8-14/h5-9,11H,2-4,12H2,1H3. The van der Waals surface area contributed by atoms with Gasteiger partial charge in [-0.3, -0.25) is 0 Å². The van der Waals surface area contributed by atoms with Crippen LogP contribution in [0.25, 0.3) is 11.2 Å². The van der Waals surface area contributed by atoms with Gasteiger partial charge < -0.3 is 4.57 Å². The fourth-order valence-electron chi connectivity index (χ4n) is 2.59. The van der Waals surface area contributed by atoms with Gasteiger partial charge in [-0.05, 0) is 30.2 Å². The Balaban J connectivity index is 2.00. The Bertz CT molecular complexity index is 859. The zero-order valence-electron chi connectivity index (χ0n) is 13.0. The topological polar surface area (TPSA) is 54.5 Å². The highest BCUT2D eigenvalue weighted by Gasteiger charge is 2.12. The fourth-order valence-corrected chi connectivity index (χ4v) is 2.74. The molecule has 5 heteroatoms. The molecule has 0 radical (unpaired) electrons. The minimum absolute atomic E-state index is 0.600. The highest BCUT2D eigenvalue weighted by Crippen LogP contribution is 2.21. The Morgan fingerprint density at radius 2 is 2.04 bits per heavy atom. The van der Waals surface area contributed by atoms with Gasteiger partial charge in [-0.25, -0.2) is 9.97 Å². The molecule has 0 aliphatic heterocycles. The van der Waals surface area contributed by atoms with Gasteiger partial charge in [0, 0.05) is 12.6 Å². The lowest BCUT2D eigenvalue weighted by atomic mass is 10.1. The van der Waals surface area contributed by atoms with Crippen LogP contribution in [0.15, 0.2) is 36.5 Å². The van der Waals surface area contributed by atoms with Crippen molar-refractivity contribution in [3.8, 4) is 6.07 Å². The van der Waals surface area contributed by atoms with E-state index in [1.54, 1.807) is 6.20 Å². The van der Waals surface area contributed by atoms with E-state index in [4.69, 9.17) is 21.8 Å². The number of hydrogen-bond donors (Lipinski definition) is 0. The first-order valence-electron chi connectivity index (χ1n) is 7.71. The van der Waals surface area contributed by atoms with Crippen molar-refractivity contribution in [1.82, 2.24) is 14.5 Å². The number of rotatable bonds is 5. The quantitative estimate of drug-likeness (QED) is 0.701. The molecule has 0 fully saturated rings. The number of nitriles is 1. The average molecular weight is 325 g/mol. The third-order valence-electron chi connectivity index (χ3n) is 3.81. The van der Waals surface area contributed by atoms with Crippen molar-refractivity contribution in [2.24, 2.45) is 0 Å². The number of aryl methyl sites for hydroxylation is 1. The Morgan fingerprint density at radius 1 is 1.26 bits per heavy atom. The van der Waals surface area contributed by atoms with Gasteiger partial charge in [0.2, 0.25) is 0 Å². The highest BCUT2D eigenvalue weighted by atomic mass is 35.5. The number of hydrogen-bond acceptors (Lipinski definition) is 3. The Labute approximate surface area is 140 Å². The van der Waals surface area contributed by atoms with E-state index >= 15 is 0 Å². The van der Waals surface area contributed by atoms with Crippen LogP contribution in [0.2, 0.25) is 5.02 Å². The van der Waals surface area contributed by atoms with E-state index < -0.39 is 0 Å². The number of imidazole rings is 1. The van der Waals surface area contributed by atoms with Gasteiger partial charge >= 0.3 is 0 Å². The molecule has 0 N–H and O–H groups in total. The molecule has 0 spiro atoms. The lowest BCUT2D eigenvalue weighted by Crippen LogP contribution is -2.06. The van der Waals surface area contributed by atoms with E-state index in [9.17, 15) is 0 Å². The number of pyridine rings is 1. The molecule has 0 atom stereocenters. The first-order chi connectivity index (χ1) is 11.2. The normalized spacial score (nSPS) is 10.8. The molecule has 3 aromatic rings. The molecule has 1 aromatic carbocycles. The van der Waals surface area contributed by atoms with Crippen LogP contribution in [0.5, 0.6) is 0 Å². The number of benzene rings is 1. The molecule has 2 aromatic heterocycles. The minimum Gasteiger partial charge on any atom is -0.308 e. The van der Waals surface area contributed by atoms with Crippen molar-refractivity contribution in [2.75, 3.05) is 0 Å². The molecule has 0 saturated heterocycles. The maximum absolute atomic E-state index is 8.91. The van der Waals surface area contributed by atoms with Crippen LogP contribution in [-0.2, 0) is 13.0 Å². The van der Waals surface area contributed by atoms with E-state index in [0.717, 1.165) is 41.8 Å². The highest BCUT2D eigenvalue weighted by molar-refractivity contribution is 6.31. The van der Waals surface area contributed by atoms with Gasteiger partial charge in [0.15, 0.2) is 5.65 Å². The van der Waals surface area contributed by atoms with Gasteiger partial charge in [0.05, 0.1) is 23.2 Å². The Kier molecular flexibility index (Phi) is 4.59.